The van der Waals surface area contributed by atoms with Crippen molar-refractivity contribution in [3.8, 4) is 11.1 Å². The summed E-state index contributed by atoms with van der Waals surface area (Å²) in [5.41, 5.74) is 3.01. The zero-order valence-electron chi connectivity index (χ0n) is 18.3. The summed E-state index contributed by atoms with van der Waals surface area (Å²) in [5.74, 6) is 0. The average molecular weight is 486 g/mol. The average Bonchev–Trinajstić information content (AvgIpc) is 2.74. The fourth-order valence-electron chi connectivity index (χ4n) is 4.95. The number of nitrogens with zero attached hydrogens (tertiary/aromatic N) is 2. The maximum Gasteiger partial charge on any atom is 0.0666 e. The second-order valence-electron chi connectivity index (χ2n) is 8.95. The molecular weight excluding hydrogens is 451 g/mol. The first-order valence-electron chi connectivity index (χ1n) is 11.0. The van der Waals surface area contributed by atoms with Gasteiger partial charge >= 0.3 is 0 Å². The zero-order valence-corrected chi connectivity index (χ0v) is 20.7. The second-order valence-corrected chi connectivity index (χ2v) is 9.35. The molecule has 0 aromatic heterocycles. The molecule has 4 rings (SSSR count). The van der Waals surface area contributed by atoms with E-state index in [0.717, 1.165) is 74.4 Å². The first-order valence-corrected chi connectivity index (χ1v) is 11.4. The molecule has 1 aliphatic carbocycles. The molecule has 1 heterocycles. The zero-order chi connectivity index (χ0) is 20.3. The van der Waals surface area contributed by atoms with Crippen LogP contribution in [0.1, 0.15) is 50.1 Å². The summed E-state index contributed by atoms with van der Waals surface area (Å²) in [6.45, 7) is 4.30. The summed E-state index contributed by atoms with van der Waals surface area (Å²) in [5, 5.41) is 12.1. The number of halogens is 3. The summed E-state index contributed by atoms with van der Waals surface area (Å²) < 4.78 is 0. The highest BCUT2D eigenvalue weighted by molar-refractivity contribution is 6.33. The Labute approximate surface area is 204 Å². The van der Waals surface area contributed by atoms with Gasteiger partial charge in [-0.3, -0.25) is 4.90 Å². The SMILES string of the molecule is CN1CCN([C@H](CC2(O)CCCCC2)c2ccc(-c3ccccc3Cl)cc2)CC1.Cl.Cl. The van der Waals surface area contributed by atoms with Crippen LogP contribution < -0.4 is 0 Å². The highest BCUT2D eigenvalue weighted by atomic mass is 35.5. The predicted molar refractivity (Wildman–Crippen MR) is 136 cm³/mol. The molecule has 3 nitrogen and oxygen atoms in total. The summed E-state index contributed by atoms with van der Waals surface area (Å²) >= 11 is 6.40. The molecule has 1 aliphatic heterocycles. The number of piperazine rings is 1. The Hall–Kier alpha value is -0.810. The van der Waals surface area contributed by atoms with Crippen LogP contribution in [0.5, 0.6) is 0 Å². The van der Waals surface area contributed by atoms with Crippen LogP contribution in [0.4, 0.5) is 0 Å². The summed E-state index contributed by atoms with van der Waals surface area (Å²) in [6, 6.07) is 17.1. The highest BCUT2D eigenvalue weighted by Gasteiger charge is 2.35. The van der Waals surface area contributed by atoms with Crippen LogP contribution in [0.2, 0.25) is 5.02 Å². The first-order chi connectivity index (χ1) is 14.0. The molecular formula is C25H35Cl3N2O. The van der Waals surface area contributed by atoms with Gasteiger partial charge in [0.2, 0.25) is 0 Å². The van der Waals surface area contributed by atoms with Crippen LogP contribution in [0.3, 0.4) is 0 Å². The number of likely N-dealkylation sites (N-methyl/N-ethyl adjacent to an activating group) is 1. The van der Waals surface area contributed by atoms with Crippen molar-refractivity contribution < 1.29 is 5.11 Å². The third kappa shape index (κ3) is 6.60. The maximum atomic E-state index is 11.3. The van der Waals surface area contributed by atoms with Gasteiger partial charge < -0.3 is 10.0 Å². The van der Waals surface area contributed by atoms with E-state index < -0.39 is 5.60 Å². The second kappa shape index (κ2) is 11.9. The fourth-order valence-corrected chi connectivity index (χ4v) is 5.19. The van der Waals surface area contributed by atoms with E-state index in [0.29, 0.717) is 0 Å². The molecule has 2 aromatic carbocycles. The monoisotopic (exact) mass is 484 g/mol. The number of hydrogen-bond donors (Lipinski definition) is 1. The molecule has 1 atom stereocenters. The molecule has 0 unspecified atom stereocenters. The lowest BCUT2D eigenvalue weighted by Crippen LogP contribution is -2.48. The molecule has 1 saturated carbocycles. The van der Waals surface area contributed by atoms with Gasteiger partial charge in [0.15, 0.2) is 0 Å². The van der Waals surface area contributed by atoms with Crippen molar-refractivity contribution in [2.45, 2.75) is 50.2 Å². The summed E-state index contributed by atoms with van der Waals surface area (Å²) in [6.07, 6.45) is 6.27. The number of aliphatic hydroxyl groups is 1. The van der Waals surface area contributed by atoms with E-state index >= 15 is 0 Å². The van der Waals surface area contributed by atoms with Crippen LogP contribution in [0.15, 0.2) is 48.5 Å². The number of hydrogen-bond acceptors (Lipinski definition) is 3. The molecule has 2 aromatic rings. The van der Waals surface area contributed by atoms with Gasteiger partial charge in [0.05, 0.1) is 5.60 Å². The van der Waals surface area contributed by atoms with E-state index in [4.69, 9.17) is 11.6 Å². The van der Waals surface area contributed by atoms with Crippen molar-refractivity contribution >= 4 is 36.4 Å². The van der Waals surface area contributed by atoms with Crippen LogP contribution in [-0.2, 0) is 0 Å². The Kier molecular flexibility index (Phi) is 10.1. The minimum atomic E-state index is -0.520. The summed E-state index contributed by atoms with van der Waals surface area (Å²) in [7, 11) is 2.19. The third-order valence-corrected chi connectivity index (χ3v) is 7.15. The Morgan fingerprint density at radius 3 is 2.13 bits per heavy atom. The van der Waals surface area contributed by atoms with E-state index in [1.807, 2.05) is 18.2 Å². The maximum absolute atomic E-state index is 11.3. The van der Waals surface area contributed by atoms with E-state index in [2.05, 4.69) is 47.2 Å². The van der Waals surface area contributed by atoms with Gasteiger partial charge in [-0.2, -0.15) is 0 Å². The topological polar surface area (TPSA) is 26.7 Å². The van der Waals surface area contributed by atoms with Gasteiger partial charge in [0, 0.05) is 42.8 Å². The number of benzene rings is 2. The van der Waals surface area contributed by atoms with Crippen molar-refractivity contribution in [1.29, 1.82) is 0 Å². The Morgan fingerprint density at radius 2 is 1.52 bits per heavy atom. The normalized spacial score (nSPS) is 20.4. The Balaban J connectivity index is 0.00000171. The van der Waals surface area contributed by atoms with Crippen LogP contribution >= 0.6 is 36.4 Å². The van der Waals surface area contributed by atoms with Crippen molar-refractivity contribution in [3.63, 3.8) is 0 Å². The predicted octanol–water partition coefficient (Wildman–Crippen LogP) is 6.22. The molecule has 0 amide bonds. The molecule has 0 bridgehead atoms. The molecule has 1 saturated heterocycles. The van der Waals surface area contributed by atoms with E-state index in [9.17, 15) is 5.11 Å². The molecule has 0 spiro atoms. The van der Waals surface area contributed by atoms with E-state index in [-0.39, 0.29) is 30.9 Å². The smallest absolute Gasteiger partial charge is 0.0666 e. The molecule has 0 radical (unpaired) electrons. The van der Waals surface area contributed by atoms with Gasteiger partial charge in [0.25, 0.3) is 0 Å². The van der Waals surface area contributed by atoms with Crippen molar-refractivity contribution in [1.82, 2.24) is 9.80 Å². The lowest BCUT2D eigenvalue weighted by molar-refractivity contribution is -0.0332. The van der Waals surface area contributed by atoms with Crippen molar-refractivity contribution in [3.05, 3.63) is 59.1 Å². The van der Waals surface area contributed by atoms with Gasteiger partial charge in [-0.1, -0.05) is 73.3 Å². The van der Waals surface area contributed by atoms with Gasteiger partial charge in [-0.15, -0.1) is 24.8 Å². The Bertz CT molecular complexity index is 801. The minimum Gasteiger partial charge on any atom is -0.390 e. The van der Waals surface area contributed by atoms with Crippen molar-refractivity contribution in [2.24, 2.45) is 0 Å². The standard InChI is InChI=1S/C25H33ClN2O.2ClH/c1-27-15-17-28(18-16-27)24(19-25(29)13-5-2-6-14-25)21-11-9-20(10-12-21)22-7-3-4-8-23(22)26;;/h3-4,7-12,24,29H,2,5-6,13-19H2,1H3;2*1H/t24-;;/m1../s1. The van der Waals surface area contributed by atoms with Crippen molar-refractivity contribution in [2.75, 3.05) is 33.2 Å². The van der Waals surface area contributed by atoms with Crippen LogP contribution in [-0.4, -0.2) is 53.7 Å². The quantitative estimate of drug-likeness (QED) is 0.544. The minimum absolute atomic E-state index is 0. The molecule has 2 fully saturated rings. The molecule has 2 aliphatic rings. The molecule has 1 N–H and O–H groups in total. The first kappa shape index (κ1) is 26.4. The number of rotatable bonds is 5. The lowest BCUT2D eigenvalue weighted by atomic mass is 9.78. The van der Waals surface area contributed by atoms with Gasteiger partial charge in [-0.05, 0) is 43.5 Å². The molecule has 6 heteroatoms. The summed E-state index contributed by atoms with van der Waals surface area (Å²) in [4.78, 5) is 4.97. The fraction of sp³-hybridized carbons (Fsp3) is 0.520. The van der Waals surface area contributed by atoms with Gasteiger partial charge in [0.1, 0.15) is 0 Å². The molecule has 172 valence electrons. The van der Waals surface area contributed by atoms with E-state index in [1.54, 1.807) is 0 Å². The lowest BCUT2D eigenvalue weighted by Gasteiger charge is -2.43. The largest absolute Gasteiger partial charge is 0.390 e. The van der Waals surface area contributed by atoms with Crippen LogP contribution in [0, 0.1) is 0 Å². The Morgan fingerprint density at radius 1 is 0.903 bits per heavy atom. The highest BCUT2D eigenvalue weighted by Crippen LogP contribution is 2.39. The van der Waals surface area contributed by atoms with Crippen LogP contribution in [0.25, 0.3) is 11.1 Å². The third-order valence-electron chi connectivity index (χ3n) is 6.82. The van der Waals surface area contributed by atoms with Gasteiger partial charge in [-0.25, -0.2) is 0 Å². The molecule has 31 heavy (non-hydrogen) atoms. The van der Waals surface area contributed by atoms with E-state index in [1.165, 1.54) is 12.0 Å².